The Kier molecular flexibility index (Phi) is 5.86. The van der Waals surface area contributed by atoms with E-state index in [0.29, 0.717) is 0 Å². The summed E-state index contributed by atoms with van der Waals surface area (Å²) < 4.78 is 0. The van der Waals surface area contributed by atoms with E-state index in [9.17, 15) is 0 Å². The molecule has 0 aliphatic carbocycles. The molecule has 0 amide bonds. The molecule has 0 N–H and O–H groups in total. The lowest BCUT2D eigenvalue weighted by Crippen LogP contribution is -2.22. The van der Waals surface area contributed by atoms with Crippen LogP contribution in [0.1, 0.15) is 30.9 Å². The van der Waals surface area contributed by atoms with Gasteiger partial charge in [0, 0.05) is 6.21 Å². The van der Waals surface area contributed by atoms with Gasteiger partial charge in [-0.15, -0.1) is 0 Å². The van der Waals surface area contributed by atoms with E-state index in [1.54, 1.807) is 0 Å². The Bertz CT molecular complexity index is 350. The molecule has 0 atom stereocenters. The molecule has 0 aliphatic rings. The van der Waals surface area contributed by atoms with Crippen LogP contribution in [0.25, 0.3) is 0 Å². The van der Waals surface area contributed by atoms with E-state index in [-0.39, 0.29) is 9.52 Å². The van der Waals surface area contributed by atoms with Gasteiger partial charge in [0.05, 0.1) is 0 Å². The maximum atomic E-state index is 5.27. The molecule has 0 spiro atoms. The molecule has 16 heavy (non-hydrogen) atoms. The Hall–Kier alpha value is -1.09. The van der Waals surface area contributed by atoms with Gasteiger partial charge in [0.2, 0.25) is 0 Å². The van der Waals surface area contributed by atoms with Crippen molar-refractivity contribution < 1.29 is 4.84 Å². The van der Waals surface area contributed by atoms with Gasteiger partial charge in [0.1, 0.15) is 15.7 Å². The van der Waals surface area contributed by atoms with E-state index in [0.717, 1.165) is 19.1 Å². The largest absolute Gasteiger partial charge is 0.400 e. The smallest absolute Gasteiger partial charge is 0.103 e. The fourth-order valence-electron chi connectivity index (χ4n) is 1.53. The molecule has 0 saturated heterocycles. The monoisotopic (exact) mass is 235 g/mol. The summed E-state index contributed by atoms with van der Waals surface area (Å²) in [5.41, 5.74) is 2.80. The molecule has 0 fully saturated rings. The third kappa shape index (κ3) is 4.19. The number of benzene rings is 1. The van der Waals surface area contributed by atoms with Gasteiger partial charge in [0.15, 0.2) is 0 Å². The van der Waals surface area contributed by atoms with Gasteiger partial charge in [-0.05, 0) is 31.4 Å². The number of hydrogen-bond donors (Lipinski definition) is 0. The third-order valence-electron chi connectivity index (χ3n) is 2.75. The number of rotatable bonds is 6. The van der Waals surface area contributed by atoms with Gasteiger partial charge in [-0.2, -0.15) is 0 Å². The second-order valence-electron chi connectivity index (χ2n) is 4.02. The molecular formula is C13H21NOSi. The summed E-state index contributed by atoms with van der Waals surface area (Å²) >= 11 is 0. The average Bonchev–Trinajstić information content (AvgIpc) is 2.29. The first-order valence-electron chi connectivity index (χ1n) is 5.94. The highest BCUT2D eigenvalue weighted by atomic mass is 28.2. The average molecular weight is 235 g/mol. The van der Waals surface area contributed by atoms with Gasteiger partial charge < -0.3 is 4.84 Å². The van der Waals surface area contributed by atoms with Gasteiger partial charge in [-0.3, -0.25) is 0 Å². The summed E-state index contributed by atoms with van der Waals surface area (Å²) in [5, 5.41) is 5.43. The standard InChI is InChI=1S/C13H21NOSi/c1-4-5-9-14-15-10-16-13-8-6-7-11(2)12(13)3/h6-9H,4-5,10,16H2,1-3H3. The summed E-state index contributed by atoms with van der Waals surface area (Å²) in [5.74, 6) is 0. The van der Waals surface area contributed by atoms with Crippen molar-refractivity contribution in [3.8, 4) is 0 Å². The summed E-state index contributed by atoms with van der Waals surface area (Å²) in [6.45, 7) is 6.49. The van der Waals surface area contributed by atoms with Gasteiger partial charge >= 0.3 is 0 Å². The van der Waals surface area contributed by atoms with E-state index >= 15 is 0 Å². The van der Waals surface area contributed by atoms with E-state index in [1.807, 2.05) is 6.21 Å². The second-order valence-corrected chi connectivity index (χ2v) is 5.69. The molecule has 0 radical (unpaired) electrons. The van der Waals surface area contributed by atoms with Crippen molar-refractivity contribution in [3.63, 3.8) is 0 Å². The van der Waals surface area contributed by atoms with Crippen LogP contribution in [-0.4, -0.2) is 22.0 Å². The van der Waals surface area contributed by atoms with Crippen molar-refractivity contribution in [1.29, 1.82) is 0 Å². The molecule has 1 rings (SSSR count). The van der Waals surface area contributed by atoms with Crippen LogP contribution in [0.2, 0.25) is 0 Å². The highest BCUT2D eigenvalue weighted by Crippen LogP contribution is 2.01. The SMILES string of the molecule is CCCC=NOC[SiH2]c1cccc(C)c1C. The lowest BCUT2D eigenvalue weighted by atomic mass is 10.1. The first-order chi connectivity index (χ1) is 7.75. The van der Waals surface area contributed by atoms with Crippen LogP contribution < -0.4 is 5.19 Å². The molecular weight excluding hydrogens is 214 g/mol. The molecule has 3 heteroatoms. The zero-order chi connectivity index (χ0) is 11.8. The summed E-state index contributed by atoms with van der Waals surface area (Å²) in [4.78, 5) is 5.27. The zero-order valence-electron chi connectivity index (χ0n) is 10.5. The maximum absolute atomic E-state index is 5.27. The Morgan fingerprint density at radius 1 is 1.38 bits per heavy atom. The van der Waals surface area contributed by atoms with Crippen molar-refractivity contribution in [2.45, 2.75) is 33.6 Å². The highest BCUT2D eigenvalue weighted by molar-refractivity contribution is 6.53. The number of aryl methyl sites for hydroxylation is 1. The summed E-state index contributed by atoms with van der Waals surface area (Å²) in [7, 11) is -0.332. The van der Waals surface area contributed by atoms with Gasteiger partial charge in [-0.25, -0.2) is 0 Å². The molecule has 0 heterocycles. The lowest BCUT2D eigenvalue weighted by Gasteiger charge is -2.06. The second kappa shape index (κ2) is 7.22. The summed E-state index contributed by atoms with van der Waals surface area (Å²) in [6.07, 6.45) is 4.79. The molecule has 0 unspecified atom stereocenters. The van der Waals surface area contributed by atoms with Crippen LogP contribution in [-0.2, 0) is 4.84 Å². The van der Waals surface area contributed by atoms with E-state index in [4.69, 9.17) is 4.84 Å². The lowest BCUT2D eigenvalue weighted by molar-refractivity contribution is 0.192. The molecule has 0 bridgehead atoms. The minimum atomic E-state index is -0.332. The molecule has 1 aromatic rings. The first-order valence-corrected chi connectivity index (χ1v) is 7.65. The Morgan fingerprint density at radius 3 is 2.94 bits per heavy atom. The maximum Gasteiger partial charge on any atom is 0.103 e. The molecule has 0 aromatic heterocycles. The van der Waals surface area contributed by atoms with Gasteiger partial charge in [0.25, 0.3) is 0 Å². The fourth-order valence-corrected chi connectivity index (χ4v) is 2.90. The van der Waals surface area contributed by atoms with Gasteiger partial charge in [-0.1, -0.05) is 41.9 Å². The van der Waals surface area contributed by atoms with Crippen LogP contribution >= 0.6 is 0 Å². The van der Waals surface area contributed by atoms with E-state index in [2.05, 4.69) is 44.1 Å². The van der Waals surface area contributed by atoms with Crippen LogP contribution in [0.4, 0.5) is 0 Å². The Morgan fingerprint density at radius 2 is 2.19 bits per heavy atom. The number of unbranched alkanes of at least 4 members (excludes halogenated alkanes) is 1. The molecule has 2 nitrogen and oxygen atoms in total. The molecule has 88 valence electrons. The Labute approximate surface area is 101 Å². The van der Waals surface area contributed by atoms with Crippen LogP contribution in [0.3, 0.4) is 0 Å². The minimum absolute atomic E-state index is 0.332. The minimum Gasteiger partial charge on any atom is -0.400 e. The highest BCUT2D eigenvalue weighted by Gasteiger charge is 2.00. The third-order valence-corrected chi connectivity index (χ3v) is 4.44. The topological polar surface area (TPSA) is 21.6 Å². The number of nitrogens with zero attached hydrogens (tertiary/aromatic N) is 1. The van der Waals surface area contributed by atoms with E-state index < -0.39 is 0 Å². The van der Waals surface area contributed by atoms with E-state index in [1.165, 1.54) is 16.3 Å². The number of oxime groups is 1. The fraction of sp³-hybridized carbons (Fsp3) is 0.462. The van der Waals surface area contributed by atoms with Crippen molar-refractivity contribution in [2.24, 2.45) is 5.16 Å². The molecule has 0 saturated carbocycles. The van der Waals surface area contributed by atoms with Crippen molar-refractivity contribution in [1.82, 2.24) is 0 Å². The van der Waals surface area contributed by atoms with Crippen molar-refractivity contribution in [3.05, 3.63) is 29.3 Å². The quantitative estimate of drug-likeness (QED) is 0.319. The van der Waals surface area contributed by atoms with Crippen molar-refractivity contribution >= 4 is 20.9 Å². The normalized spacial score (nSPS) is 11.7. The predicted molar refractivity (Wildman–Crippen MR) is 73.4 cm³/mol. The van der Waals surface area contributed by atoms with Crippen LogP contribution in [0.5, 0.6) is 0 Å². The molecule has 0 aliphatic heterocycles. The predicted octanol–water partition coefficient (Wildman–Crippen LogP) is 1.86. The first kappa shape index (κ1) is 13.0. The summed E-state index contributed by atoms with van der Waals surface area (Å²) in [6, 6.07) is 6.51. The van der Waals surface area contributed by atoms with Crippen LogP contribution in [0.15, 0.2) is 23.4 Å². The number of hydrogen-bond acceptors (Lipinski definition) is 2. The molecule has 1 aromatic carbocycles. The Balaban J connectivity index is 2.35. The zero-order valence-corrected chi connectivity index (χ0v) is 11.9. The van der Waals surface area contributed by atoms with Crippen molar-refractivity contribution in [2.75, 3.05) is 6.23 Å². The van der Waals surface area contributed by atoms with Crippen LogP contribution in [0, 0.1) is 13.8 Å².